The average molecular weight is 284 g/mol. The highest BCUT2D eigenvalue weighted by atomic mass is 79.9. The van der Waals surface area contributed by atoms with E-state index in [1.807, 2.05) is 0 Å². The molecule has 1 aromatic rings. The molecule has 78 valence electrons. The third kappa shape index (κ3) is 2.45. The molecule has 0 fully saturated rings. The van der Waals surface area contributed by atoms with Crippen molar-refractivity contribution in [3.05, 3.63) is 34.6 Å². The maximum Gasteiger partial charge on any atom is 0.130 e. The van der Waals surface area contributed by atoms with E-state index in [0.717, 1.165) is 0 Å². The summed E-state index contributed by atoms with van der Waals surface area (Å²) in [6.45, 7) is 0. The fourth-order valence-corrected chi connectivity index (χ4v) is 1.70. The minimum atomic E-state index is -1.32. The predicted octanol–water partition coefficient (Wildman–Crippen LogP) is 2.27. The Labute approximate surface area is 94.5 Å². The first-order valence-corrected chi connectivity index (χ1v) is 5.44. The van der Waals surface area contributed by atoms with Gasteiger partial charge in [-0.15, -0.1) is 0 Å². The highest BCUT2D eigenvalue weighted by molar-refractivity contribution is 9.09. The second-order valence-corrected chi connectivity index (χ2v) is 3.86. The van der Waals surface area contributed by atoms with Gasteiger partial charge in [0, 0.05) is 15.9 Å². The van der Waals surface area contributed by atoms with Gasteiger partial charge in [-0.05, 0) is 12.1 Å². The van der Waals surface area contributed by atoms with E-state index in [0.29, 0.717) is 0 Å². The molecule has 2 unspecified atom stereocenters. The molecule has 0 amide bonds. The van der Waals surface area contributed by atoms with Crippen molar-refractivity contribution < 1.29 is 14.6 Å². The van der Waals surface area contributed by atoms with Crippen LogP contribution >= 0.6 is 27.5 Å². The van der Waals surface area contributed by atoms with Gasteiger partial charge in [-0.3, -0.25) is 0 Å². The lowest BCUT2D eigenvalue weighted by molar-refractivity contribution is 0.0321. The molecule has 1 aromatic carbocycles. The second kappa shape index (κ2) is 5.07. The van der Waals surface area contributed by atoms with Gasteiger partial charge in [0.05, 0.1) is 6.10 Å². The van der Waals surface area contributed by atoms with Crippen molar-refractivity contribution in [1.29, 1.82) is 0 Å². The summed E-state index contributed by atoms with van der Waals surface area (Å²) in [6.07, 6.45) is -2.40. The van der Waals surface area contributed by atoms with Crippen molar-refractivity contribution in [1.82, 2.24) is 0 Å². The Morgan fingerprint density at radius 3 is 2.57 bits per heavy atom. The van der Waals surface area contributed by atoms with E-state index in [-0.39, 0.29) is 15.9 Å². The van der Waals surface area contributed by atoms with E-state index >= 15 is 0 Å². The predicted molar refractivity (Wildman–Crippen MR) is 56.2 cm³/mol. The van der Waals surface area contributed by atoms with E-state index in [1.54, 1.807) is 0 Å². The fourth-order valence-electron chi connectivity index (χ4n) is 1.07. The van der Waals surface area contributed by atoms with Gasteiger partial charge >= 0.3 is 0 Å². The third-order valence-electron chi connectivity index (χ3n) is 1.82. The van der Waals surface area contributed by atoms with Crippen molar-refractivity contribution in [2.75, 3.05) is 5.33 Å². The maximum absolute atomic E-state index is 13.2. The molecule has 0 radical (unpaired) electrons. The summed E-state index contributed by atoms with van der Waals surface area (Å²) in [4.78, 5) is 0. The zero-order chi connectivity index (χ0) is 10.7. The first kappa shape index (κ1) is 11.9. The third-order valence-corrected chi connectivity index (χ3v) is 2.81. The Morgan fingerprint density at radius 1 is 1.43 bits per heavy atom. The normalized spacial score (nSPS) is 15.2. The van der Waals surface area contributed by atoms with Crippen LogP contribution in [0.3, 0.4) is 0 Å². The molecule has 0 aromatic heterocycles. The van der Waals surface area contributed by atoms with Crippen LogP contribution in [0, 0.1) is 5.82 Å². The summed E-state index contributed by atoms with van der Waals surface area (Å²) in [5.41, 5.74) is -0.0684. The molecule has 0 saturated carbocycles. The largest absolute Gasteiger partial charge is 0.389 e. The monoisotopic (exact) mass is 282 g/mol. The molecule has 14 heavy (non-hydrogen) atoms. The Kier molecular flexibility index (Phi) is 4.31. The standard InChI is InChI=1S/C9H9BrClFO2/c10-4-7(13)9(14)8-5(11)2-1-3-6(8)12/h1-3,7,9,13-14H,4H2. The van der Waals surface area contributed by atoms with Gasteiger partial charge in [-0.25, -0.2) is 4.39 Å². The summed E-state index contributed by atoms with van der Waals surface area (Å²) >= 11 is 8.69. The molecular formula is C9H9BrClFO2. The van der Waals surface area contributed by atoms with Gasteiger partial charge in [-0.1, -0.05) is 33.6 Å². The highest BCUT2D eigenvalue weighted by Crippen LogP contribution is 2.28. The zero-order valence-corrected chi connectivity index (χ0v) is 9.46. The average Bonchev–Trinajstić information content (AvgIpc) is 2.16. The van der Waals surface area contributed by atoms with Crippen LogP contribution < -0.4 is 0 Å². The molecule has 1 rings (SSSR count). The molecule has 2 nitrogen and oxygen atoms in total. The molecule has 0 aliphatic rings. The van der Waals surface area contributed by atoms with E-state index in [9.17, 15) is 14.6 Å². The SMILES string of the molecule is OC(CBr)C(O)c1c(F)cccc1Cl. The van der Waals surface area contributed by atoms with Gasteiger partial charge in [-0.2, -0.15) is 0 Å². The number of halogens is 3. The van der Waals surface area contributed by atoms with Crippen molar-refractivity contribution >= 4 is 27.5 Å². The van der Waals surface area contributed by atoms with Crippen LogP contribution in [0.25, 0.3) is 0 Å². The number of benzene rings is 1. The molecule has 0 heterocycles. The zero-order valence-electron chi connectivity index (χ0n) is 7.12. The first-order valence-electron chi connectivity index (χ1n) is 3.94. The van der Waals surface area contributed by atoms with Crippen LogP contribution in [0.15, 0.2) is 18.2 Å². The second-order valence-electron chi connectivity index (χ2n) is 2.80. The number of hydrogen-bond acceptors (Lipinski definition) is 2. The van der Waals surface area contributed by atoms with Crippen molar-refractivity contribution in [2.24, 2.45) is 0 Å². The van der Waals surface area contributed by atoms with E-state index in [2.05, 4.69) is 15.9 Å². The van der Waals surface area contributed by atoms with Crippen molar-refractivity contribution in [3.63, 3.8) is 0 Å². The molecule has 0 spiro atoms. The Balaban J connectivity index is 3.05. The van der Waals surface area contributed by atoms with Crippen LogP contribution in [0.2, 0.25) is 5.02 Å². The van der Waals surface area contributed by atoms with E-state index < -0.39 is 18.0 Å². The minimum absolute atomic E-state index is 0.0684. The lowest BCUT2D eigenvalue weighted by atomic mass is 10.0. The first-order chi connectivity index (χ1) is 6.57. The van der Waals surface area contributed by atoms with Crippen molar-refractivity contribution in [2.45, 2.75) is 12.2 Å². The Morgan fingerprint density at radius 2 is 2.07 bits per heavy atom. The number of hydrogen-bond donors (Lipinski definition) is 2. The van der Waals surface area contributed by atoms with Gasteiger partial charge in [0.1, 0.15) is 11.9 Å². The smallest absolute Gasteiger partial charge is 0.130 e. The molecular weight excluding hydrogens is 274 g/mol. The summed E-state index contributed by atoms with van der Waals surface area (Å²) in [5, 5.41) is 19.1. The highest BCUT2D eigenvalue weighted by Gasteiger charge is 2.22. The van der Waals surface area contributed by atoms with Crippen LogP contribution in [0.5, 0.6) is 0 Å². The van der Waals surface area contributed by atoms with Crippen LogP contribution in [0.4, 0.5) is 4.39 Å². The lowest BCUT2D eigenvalue weighted by Crippen LogP contribution is -2.20. The van der Waals surface area contributed by atoms with Crippen LogP contribution in [-0.2, 0) is 0 Å². The molecule has 0 saturated heterocycles. The summed E-state index contributed by atoms with van der Waals surface area (Å²) in [6, 6.07) is 4.09. The van der Waals surface area contributed by atoms with Crippen LogP contribution in [0.1, 0.15) is 11.7 Å². The minimum Gasteiger partial charge on any atom is -0.389 e. The van der Waals surface area contributed by atoms with Crippen molar-refractivity contribution in [3.8, 4) is 0 Å². The van der Waals surface area contributed by atoms with Gasteiger partial charge < -0.3 is 10.2 Å². The van der Waals surface area contributed by atoms with E-state index in [1.165, 1.54) is 18.2 Å². The molecule has 2 N–H and O–H groups in total. The summed E-state index contributed by atoms with van der Waals surface area (Å²) in [7, 11) is 0. The topological polar surface area (TPSA) is 40.5 Å². The molecule has 2 atom stereocenters. The number of aliphatic hydroxyl groups is 2. The molecule has 0 aliphatic heterocycles. The molecule has 5 heteroatoms. The fraction of sp³-hybridized carbons (Fsp3) is 0.333. The summed E-state index contributed by atoms with van der Waals surface area (Å²) < 4.78 is 13.2. The number of rotatable bonds is 3. The quantitative estimate of drug-likeness (QED) is 0.836. The number of aliphatic hydroxyl groups excluding tert-OH is 2. The summed E-state index contributed by atoms with van der Waals surface area (Å²) in [5.74, 6) is -0.620. The van der Waals surface area contributed by atoms with Crippen LogP contribution in [-0.4, -0.2) is 21.6 Å². The van der Waals surface area contributed by atoms with Gasteiger partial charge in [0.2, 0.25) is 0 Å². The number of alkyl halides is 1. The van der Waals surface area contributed by atoms with Gasteiger partial charge in [0.25, 0.3) is 0 Å². The van der Waals surface area contributed by atoms with Gasteiger partial charge in [0.15, 0.2) is 0 Å². The van der Waals surface area contributed by atoms with E-state index in [4.69, 9.17) is 11.6 Å². The Bertz CT molecular complexity index is 301. The lowest BCUT2D eigenvalue weighted by Gasteiger charge is -2.17. The molecule has 0 aliphatic carbocycles. The Hall–Kier alpha value is -0.160. The maximum atomic E-state index is 13.2. The molecule has 0 bridgehead atoms.